The second-order valence-electron chi connectivity index (χ2n) is 4.74. The molecule has 0 aromatic heterocycles. The van der Waals surface area contributed by atoms with Crippen molar-refractivity contribution in [3.8, 4) is 11.5 Å². The van der Waals surface area contributed by atoms with E-state index < -0.39 is 12.1 Å². The summed E-state index contributed by atoms with van der Waals surface area (Å²) in [6.45, 7) is 0.121. The Balaban J connectivity index is 1.66. The minimum absolute atomic E-state index is 0.121. The van der Waals surface area contributed by atoms with Gasteiger partial charge in [0.25, 0.3) is 5.91 Å². The Hall–Kier alpha value is -3.02. The highest BCUT2D eigenvalue weighted by Gasteiger charge is 2.27. The predicted octanol–water partition coefficient (Wildman–Crippen LogP) is 2.16. The molecule has 0 radical (unpaired) electrons. The SMILES string of the molecule is O=C(O)c1ccc(NC(=O)[C@H]2COc3ccccc3O2)cc1. The topological polar surface area (TPSA) is 84.9 Å². The zero-order chi connectivity index (χ0) is 15.5. The van der Waals surface area contributed by atoms with Crippen molar-refractivity contribution < 1.29 is 24.2 Å². The van der Waals surface area contributed by atoms with Crippen molar-refractivity contribution in [2.75, 3.05) is 11.9 Å². The van der Waals surface area contributed by atoms with Gasteiger partial charge in [-0.2, -0.15) is 0 Å². The minimum Gasteiger partial charge on any atom is -0.485 e. The van der Waals surface area contributed by atoms with Gasteiger partial charge in [0.05, 0.1) is 5.56 Å². The van der Waals surface area contributed by atoms with Crippen molar-refractivity contribution in [1.82, 2.24) is 0 Å². The highest BCUT2D eigenvalue weighted by Crippen LogP contribution is 2.31. The van der Waals surface area contributed by atoms with E-state index in [0.717, 1.165) is 0 Å². The maximum atomic E-state index is 12.2. The van der Waals surface area contributed by atoms with Crippen LogP contribution in [0.3, 0.4) is 0 Å². The van der Waals surface area contributed by atoms with Crippen LogP contribution in [0.5, 0.6) is 11.5 Å². The summed E-state index contributed by atoms with van der Waals surface area (Å²) in [4.78, 5) is 22.9. The number of hydrogen-bond acceptors (Lipinski definition) is 4. The molecule has 3 rings (SSSR count). The number of rotatable bonds is 3. The molecule has 0 fully saturated rings. The smallest absolute Gasteiger partial charge is 0.335 e. The summed E-state index contributed by atoms with van der Waals surface area (Å²) >= 11 is 0. The summed E-state index contributed by atoms with van der Waals surface area (Å²) < 4.78 is 11.1. The number of benzene rings is 2. The van der Waals surface area contributed by atoms with Gasteiger partial charge in [-0.25, -0.2) is 4.79 Å². The molecule has 6 heteroatoms. The maximum absolute atomic E-state index is 12.2. The van der Waals surface area contributed by atoms with Crippen LogP contribution in [0.1, 0.15) is 10.4 Å². The van der Waals surface area contributed by atoms with Gasteiger partial charge >= 0.3 is 5.97 Å². The fraction of sp³-hybridized carbons (Fsp3) is 0.125. The molecule has 2 aromatic rings. The molecule has 1 heterocycles. The fourth-order valence-electron chi connectivity index (χ4n) is 2.07. The lowest BCUT2D eigenvalue weighted by atomic mass is 10.2. The van der Waals surface area contributed by atoms with Gasteiger partial charge in [0.15, 0.2) is 11.5 Å². The van der Waals surface area contributed by atoms with E-state index >= 15 is 0 Å². The van der Waals surface area contributed by atoms with Crippen LogP contribution in [0.4, 0.5) is 5.69 Å². The van der Waals surface area contributed by atoms with E-state index in [1.807, 2.05) is 6.07 Å². The lowest BCUT2D eigenvalue weighted by Gasteiger charge is -2.25. The number of carbonyl (C=O) groups is 2. The van der Waals surface area contributed by atoms with Crippen molar-refractivity contribution in [1.29, 1.82) is 0 Å². The number of carboxylic acids is 1. The third kappa shape index (κ3) is 2.85. The van der Waals surface area contributed by atoms with Gasteiger partial charge in [-0.05, 0) is 36.4 Å². The van der Waals surface area contributed by atoms with Crippen LogP contribution in [-0.2, 0) is 4.79 Å². The molecule has 1 atom stereocenters. The molecule has 112 valence electrons. The average molecular weight is 299 g/mol. The number of para-hydroxylation sites is 2. The quantitative estimate of drug-likeness (QED) is 0.907. The van der Waals surface area contributed by atoms with Gasteiger partial charge in [0, 0.05) is 5.69 Å². The van der Waals surface area contributed by atoms with Gasteiger partial charge in [-0.15, -0.1) is 0 Å². The Morgan fingerprint density at radius 1 is 1.05 bits per heavy atom. The van der Waals surface area contributed by atoms with Crippen LogP contribution >= 0.6 is 0 Å². The van der Waals surface area contributed by atoms with Crippen LogP contribution in [-0.4, -0.2) is 29.7 Å². The van der Waals surface area contributed by atoms with Gasteiger partial charge < -0.3 is 19.9 Å². The lowest BCUT2D eigenvalue weighted by Crippen LogP contribution is -2.40. The maximum Gasteiger partial charge on any atom is 0.335 e. The summed E-state index contributed by atoms with van der Waals surface area (Å²) in [7, 11) is 0. The number of anilines is 1. The molecule has 22 heavy (non-hydrogen) atoms. The molecule has 0 saturated heterocycles. The summed E-state index contributed by atoms with van der Waals surface area (Å²) in [5.41, 5.74) is 0.654. The number of amides is 1. The van der Waals surface area contributed by atoms with Crippen LogP contribution in [0.2, 0.25) is 0 Å². The molecule has 1 amide bonds. The Labute approximate surface area is 126 Å². The zero-order valence-electron chi connectivity index (χ0n) is 11.5. The van der Waals surface area contributed by atoms with Crippen LogP contribution in [0.15, 0.2) is 48.5 Å². The monoisotopic (exact) mass is 299 g/mol. The van der Waals surface area contributed by atoms with Crippen LogP contribution in [0.25, 0.3) is 0 Å². The Bertz CT molecular complexity index is 711. The molecule has 0 aliphatic carbocycles. The van der Waals surface area contributed by atoms with E-state index in [0.29, 0.717) is 17.2 Å². The number of fused-ring (bicyclic) bond motifs is 1. The second kappa shape index (κ2) is 5.77. The van der Waals surface area contributed by atoms with Gasteiger partial charge in [0.2, 0.25) is 6.10 Å². The Morgan fingerprint density at radius 3 is 2.41 bits per heavy atom. The van der Waals surface area contributed by atoms with Crippen LogP contribution < -0.4 is 14.8 Å². The van der Waals surface area contributed by atoms with Gasteiger partial charge in [0.1, 0.15) is 6.61 Å². The third-order valence-corrected chi connectivity index (χ3v) is 3.20. The number of hydrogen-bond donors (Lipinski definition) is 2. The fourth-order valence-corrected chi connectivity index (χ4v) is 2.07. The number of carbonyl (C=O) groups excluding carboxylic acids is 1. The first-order chi connectivity index (χ1) is 10.6. The number of carboxylic acid groups (broad SMARTS) is 1. The van der Waals surface area contributed by atoms with Crippen molar-refractivity contribution in [2.45, 2.75) is 6.10 Å². The largest absolute Gasteiger partial charge is 0.485 e. The molecule has 0 spiro atoms. The van der Waals surface area contributed by atoms with Crippen molar-refractivity contribution in [3.63, 3.8) is 0 Å². The summed E-state index contributed by atoms with van der Waals surface area (Å²) in [6.07, 6.45) is -0.756. The van der Waals surface area contributed by atoms with Gasteiger partial charge in [-0.1, -0.05) is 12.1 Å². The molecule has 2 aromatic carbocycles. The number of aromatic carboxylic acids is 1. The van der Waals surface area contributed by atoms with E-state index in [1.54, 1.807) is 18.2 Å². The molecular weight excluding hydrogens is 286 g/mol. The third-order valence-electron chi connectivity index (χ3n) is 3.20. The first-order valence-corrected chi connectivity index (χ1v) is 6.66. The minimum atomic E-state index is -1.02. The highest BCUT2D eigenvalue weighted by molar-refractivity contribution is 5.95. The van der Waals surface area contributed by atoms with E-state index in [1.165, 1.54) is 24.3 Å². The molecule has 0 bridgehead atoms. The first kappa shape index (κ1) is 13.9. The van der Waals surface area contributed by atoms with Crippen molar-refractivity contribution in [3.05, 3.63) is 54.1 Å². The molecule has 6 nitrogen and oxygen atoms in total. The zero-order valence-corrected chi connectivity index (χ0v) is 11.5. The van der Waals surface area contributed by atoms with Crippen molar-refractivity contribution >= 4 is 17.6 Å². The molecule has 1 aliphatic heterocycles. The van der Waals surface area contributed by atoms with Crippen LogP contribution in [0, 0.1) is 0 Å². The van der Waals surface area contributed by atoms with E-state index in [9.17, 15) is 9.59 Å². The standard InChI is InChI=1S/C16H13NO5/c18-15(17-11-7-5-10(6-8-11)16(19)20)14-9-21-12-3-1-2-4-13(12)22-14/h1-8,14H,9H2,(H,17,18)(H,19,20)/t14-/m1/s1. The first-order valence-electron chi connectivity index (χ1n) is 6.66. The Morgan fingerprint density at radius 2 is 1.73 bits per heavy atom. The summed E-state index contributed by atoms with van der Waals surface area (Å²) in [6, 6.07) is 13.0. The van der Waals surface area contributed by atoms with E-state index in [4.69, 9.17) is 14.6 Å². The number of ether oxygens (including phenoxy) is 2. The molecule has 1 aliphatic rings. The highest BCUT2D eigenvalue weighted by atomic mass is 16.6. The summed E-state index contributed by atoms with van der Waals surface area (Å²) in [5, 5.41) is 11.5. The molecule has 0 saturated carbocycles. The molecular formula is C16H13NO5. The predicted molar refractivity (Wildman–Crippen MR) is 78.4 cm³/mol. The Kier molecular flexibility index (Phi) is 3.65. The molecule has 2 N–H and O–H groups in total. The lowest BCUT2D eigenvalue weighted by molar-refractivity contribution is -0.125. The van der Waals surface area contributed by atoms with E-state index in [2.05, 4.69) is 5.32 Å². The number of nitrogens with one attached hydrogen (secondary N) is 1. The van der Waals surface area contributed by atoms with Gasteiger partial charge in [-0.3, -0.25) is 4.79 Å². The van der Waals surface area contributed by atoms with E-state index in [-0.39, 0.29) is 18.1 Å². The normalized spacial score (nSPS) is 15.9. The van der Waals surface area contributed by atoms with Crippen molar-refractivity contribution in [2.24, 2.45) is 0 Å². The average Bonchev–Trinajstić information content (AvgIpc) is 2.55. The second-order valence-corrected chi connectivity index (χ2v) is 4.74. The summed E-state index contributed by atoms with van der Waals surface area (Å²) in [5.74, 6) is -0.233. The molecule has 0 unspecified atom stereocenters.